The Hall–Kier alpha value is -1.38. The number of carbonyl (C=O) groups is 1. The van der Waals surface area contributed by atoms with Crippen LogP contribution >= 0.6 is 0 Å². The lowest BCUT2D eigenvalue weighted by Gasteiger charge is -2.39. The molecule has 18 heavy (non-hydrogen) atoms. The number of nitrogens with zero attached hydrogens (tertiary/aromatic N) is 2. The Bertz CT molecular complexity index is 434. The Kier molecular flexibility index (Phi) is 3.69. The molecular weight excluding hydrogens is 224 g/mol. The number of hydrogen-bond donors (Lipinski definition) is 0. The quantitative estimate of drug-likeness (QED) is 0.768. The lowest BCUT2D eigenvalue weighted by molar-refractivity contribution is 0.112. The lowest BCUT2D eigenvalue weighted by atomic mass is 9.78. The van der Waals surface area contributed by atoms with Gasteiger partial charge in [-0.05, 0) is 36.8 Å². The average molecular weight is 246 g/mol. The Balaban J connectivity index is 2.12. The molecule has 0 atom stereocenters. The van der Waals surface area contributed by atoms with Crippen LogP contribution in [0, 0.1) is 12.3 Å². The zero-order valence-electron chi connectivity index (χ0n) is 11.6. The highest BCUT2D eigenvalue weighted by Gasteiger charge is 2.29. The number of aromatic nitrogens is 1. The summed E-state index contributed by atoms with van der Waals surface area (Å²) >= 11 is 0. The van der Waals surface area contributed by atoms with E-state index in [0.29, 0.717) is 11.0 Å². The fourth-order valence-electron chi connectivity index (χ4n) is 2.60. The molecule has 1 aromatic heterocycles. The maximum Gasteiger partial charge on any atom is 0.151 e. The number of anilines is 1. The summed E-state index contributed by atoms with van der Waals surface area (Å²) in [4.78, 5) is 17.5. The molecule has 1 aliphatic heterocycles. The minimum absolute atomic E-state index is 0.493. The molecule has 0 aliphatic carbocycles. The zero-order chi connectivity index (χ0) is 13.2. The van der Waals surface area contributed by atoms with Gasteiger partial charge in [0.05, 0.1) is 0 Å². The largest absolute Gasteiger partial charge is 0.356 e. The van der Waals surface area contributed by atoms with Crippen LogP contribution in [0.4, 0.5) is 5.82 Å². The zero-order valence-corrected chi connectivity index (χ0v) is 11.6. The Morgan fingerprint density at radius 2 is 2.11 bits per heavy atom. The molecule has 0 unspecified atom stereocenters. The van der Waals surface area contributed by atoms with E-state index in [1.807, 2.05) is 13.0 Å². The molecule has 0 saturated carbocycles. The summed E-state index contributed by atoms with van der Waals surface area (Å²) in [7, 11) is 0. The molecule has 3 heteroatoms. The van der Waals surface area contributed by atoms with E-state index in [9.17, 15) is 4.79 Å². The number of pyridine rings is 1. The van der Waals surface area contributed by atoms with Crippen molar-refractivity contribution in [2.75, 3.05) is 18.0 Å². The number of hydrogen-bond acceptors (Lipinski definition) is 3. The van der Waals surface area contributed by atoms with Gasteiger partial charge >= 0.3 is 0 Å². The van der Waals surface area contributed by atoms with Gasteiger partial charge in [0, 0.05) is 24.8 Å². The molecule has 3 nitrogen and oxygen atoms in total. The minimum Gasteiger partial charge on any atom is -0.356 e. The highest BCUT2D eigenvalue weighted by Crippen LogP contribution is 2.35. The smallest absolute Gasteiger partial charge is 0.151 e. The molecule has 2 heterocycles. The fourth-order valence-corrected chi connectivity index (χ4v) is 2.60. The molecule has 0 amide bonds. The van der Waals surface area contributed by atoms with Crippen molar-refractivity contribution >= 4 is 12.1 Å². The summed E-state index contributed by atoms with van der Waals surface area (Å²) in [5.41, 5.74) is 2.25. The topological polar surface area (TPSA) is 33.2 Å². The van der Waals surface area contributed by atoms with Crippen LogP contribution in [0.25, 0.3) is 0 Å². The first kappa shape index (κ1) is 13.1. The Morgan fingerprint density at radius 3 is 2.61 bits per heavy atom. The first-order valence-electron chi connectivity index (χ1n) is 6.75. The minimum atomic E-state index is 0.493. The van der Waals surface area contributed by atoms with E-state index in [1.165, 1.54) is 19.3 Å². The van der Waals surface area contributed by atoms with E-state index in [4.69, 9.17) is 0 Å². The molecule has 0 radical (unpaired) electrons. The summed E-state index contributed by atoms with van der Waals surface area (Å²) in [5, 5.41) is 0. The van der Waals surface area contributed by atoms with Gasteiger partial charge in [-0.15, -0.1) is 0 Å². The first-order valence-corrected chi connectivity index (χ1v) is 6.75. The third kappa shape index (κ3) is 2.55. The van der Waals surface area contributed by atoms with E-state index < -0.39 is 0 Å². The van der Waals surface area contributed by atoms with Crippen LogP contribution < -0.4 is 4.90 Å². The predicted octanol–water partition coefficient (Wildman–Crippen LogP) is 3.22. The Labute approximate surface area is 109 Å². The number of rotatable bonds is 3. The normalized spacial score (nSPS) is 18.7. The Morgan fingerprint density at radius 1 is 1.44 bits per heavy atom. The summed E-state index contributed by atoms with van der Waals surface area (Å²) < 4.78 is 0. The second-order valence-corrected chi connectivity index (χ2v) is 5.68. The number of carbonyl (C=O) groups excluding carboxylic acids is 1. The van der Waals surface area contributed by atoms with Crippen LogP contribution in [0.15, 0.2) is 12.3 Å². The van der Waals surface area contributed by atoms with Gasteiger partial charge in [0.2, 0.25) is 0 Å². The second-order valence-electron chi connectivity index (χ2n) is 5.68. The highest BCUT2D eigenvalue weighted by atomic mass is 16.1. The first-order chi connectivity index (χ1) is 8.58. The summed E-state index contributed by atoms with van der Waals surface area (Å²) in [6.45, 7) is 8.82. The van der Waals surface area contributed by atoms with Gasteiger partial charge in [0.25, 0.3) is 0 Å². The molecule has 98 valence electrons. The molecule has 0 N–H and O–H groups in total. The van der Waals surface area contributed by atoms with Gasteiger partial charge in [-0.1, -0.05) is 20.3 Å². The number of aryl methyl sites for hydroxylation is 1. The molecule has 2 rings (SSSR count). The van der Waals surface area contributed by atoms with Gasteiger partial charge in [0.15, 0.2) is 6.29 Å². The van der Waals surface area contributed by atoms with Crippen LogP contribution in [0.1, 0.15) is 49.0 Å². The maximum absolute atomic E-state index is 10.7. The van der Waals surface area contributed by atoms with Gasteiger partial charge in [-0.25, -0.2) is 4.98 Å². The van der Waals surface area contributed by atoms with Crippen molar-refractivity contribution < 1.29 is 4.79 Å². The van der Waals surface area contributed by atoms with Crippen LogP contribution in [0.5, 0.6) is 0 Å². The molecular formula is C15H22N2O. The molecule has 1 aromatic rings. The van der Waals surface area contributed by atoms with E-state index in [-0.39, 0.29) is 0 Å². The number of piperidine rings is 1. The van der Waals surface area contributed by atoms with E-state index >= 15 is 0 Å². The molecule has 1 aliphatic rings. The van der Waals surface area contributed by atoms with Crippen molar-refractivity contribution in [2.24, 2.45) is 5.41 Å². The van der Waals surface area contributed by atoms with Crippen LogP contribution in [0.2, 0.25) is 0 Å². The van der Waals surface area contributed by atoms with Gasteiger partial charge < -0.3 is 4.90 Å². The summed E-state index contributed by atoms with van der Waals surface area (Å²) in [6, 6.07) is 1.92. The predicted molar refractivity (Wildman–Crippen MR) is 74.2 cm³/mol. The third-order valence-electron chi connectivity index (χ3n) is 4.33. The molecule has 0 bridgehead atoms. The summed E-state index contributed by atoms with van der Waals surface area (Å²) in [6.07, 6.45) is 6.22. The fraction of sp³-hybridized carbons (Fsp3) is 0.600. The van der Waals surface area contributed by atoms with E-state index in [2.05, 4.69) is 23.7 Å². The summed E-state index contributed by atoms with van der Waals surface area (Å²) in [5.74, 6) is 1.04. The molecule has 0 spiro atoms. The SMILES string of the molecule is CCC1(C)CCN(c2ncc(C=O)cc2C)CC1. The van der Waals surface area contributed by atoms with Gasteiger partial charge in [-0.3, -0.25) is 4.79 Å². The van der Waals surface area contributed by atoms with Crippen LogP contribution in [-0.4, -0.2) is 24.4 Å². The second kappa shape index (κ2) is 5.09. The maximum atomic E-state index is 10.7. The monoisotopic (exact) mass is 246 g/mol. The molecule has 1 fully saturated rings. The van der Waals surface area contributed by atoms with Gasteiger partial charge in [0.1, 0.15) is 5.82 Å². The standard InChI is InChI=1S/C15H22N2O/c1-4-15(3)5-7-17(8-6-15)14-12(2)9-13(11-18)10-16-14/h9-11H,4-8H2,1-3H3. The van der Waals surface area contributed by atoms with Crippen molar-refractivity contribution in [3.8, 4) is 0 Å². The third-order valence-corrected chi connectivity index (χ3v) is 4.33. The van der Waals surface area contributed by atoms with Crippen molar-refractivity contribution in [3.05, 3.63) is 23.4 Å². The lowest BCUT2D eigenvalue weighted by Crippen LogP contribution is -2.39. The van der Waals surface area contributed by atoms with E-state index in [0.717, 1.165) is 30.8 Å². The van der Waals surface area contributed by atoms with Crippen molar-refractivity contribution in [1.82, 2.24) is 4.98 Å². The highest BCUT2D eigenvalue weighted by molar-refractivity contribution is 5.75. The van der Waals surface area contributed by atoms with Crippen molar-refractivity contribution in [2.45, 2.75) is 40.0 Å². The van der Waals surface area contributed by atoms with Crippen molar-refractivity contribution in [1.29, 1.82) is 0 Å². The van der Waals surface area contributed by atoms with Crippen LogP contribution in [0.3, 0.4) is 0 Å². The average Bonchev–Trinajstić information content (AvgIpc) is 2.40. The molecule has 0 aromatic carbocycles. The van der Waals surface area contributed by atoms with Gasteiger partial charge in [-0.2, -0.15) is 0 Å². The van der Waals surface area contributed by atoms with Crippen LogP contribution in [-0.2, 0) is 0 Å². The number of aldehydes is 1. The molecule has 1 saturated heterocycles. The van der Waals surface area contributed by atoms with Crippen molar-refractivity contribution in [3.63, 3.8) is 0 Å². The van der Waals surface area contributed by atoms with E-state index in [1.54, 1.807) is 6.20 Å².